The number of ether oxygens (including phenoxy) is 8. The maximum Gasteiger partial charge on any atom is 0.586 e. The summed E-state index contributed by atoms with van der Waals surface area (Å²) in [6.07, 6.45) is -10.1. The van der Waals surface area contributed by atoms with Crippen LogP contribution in [0.25, 0.3) is 43.6 Å². The van der Waals surface area contributed by atoms with Crippen LogP contribution in [0.2, 0.25) is 0 Å². The highest BCUT2D eigenvalue weighted by Crippen LogP contribution is 2.58. The Morgan fingerprint density at radius 1 is 0.455 bits per heavy atom. The number of imidazole rings is 1. The average molecular weight is 2010 g/mol. The standard InChI is InChI=1S/C30H33F2N5O6S.C26H25F2N3O4.C24H21F2N3O3.C24H24F2N2O4.9H2/c1-17-33-15-26(35-17)44(40,41)34-14-21(38)16-37-22-7-6-20(11-18(22)12-25(37)28(2,3)4)36-27(39)29(9-10-29)19-5-8-23-24(13-19)43-30(31,32)42-23;1-24(2,3)22-12-15-10-18(16(14-29)11-19(15)31(22)8-9-32)30-23(33)25(6-7-25)17-4-5-20-21(13-17)35-26(27,28)34-20;1-22(2,3)20-10-13-8-17(14(12-27)9-16(13)28-20)29-21(30)23(6-7-23)15-4-5-18-19(11-15)32-24(25,26)31-18;1-14(2)19-12-15-11-17(4-5-18(15)28(19)9-10-29)27-22(30)23(7-8-23)16-3-6-20-21(13-16)32-24(25,26)31-20;;;;;;;;;/h5-8,11-13,15,21,34,38H,9-10,14,16H2,1-4H3,(H,33,35)(H,36,39);4-5,10-13,32H,6-9H2,1-3H3,(H,30,33);4-5,8-11,28H,6-7H2,1-3H3,(H,29,30);3-6,11-14,29H,7-10H2,1-2H3,(H,27,30);9*1H/t21-;;;;;;;;;;;;/m0............/s1. The van der Waals surface area contributed by atoms with Gasteiger partial charge >= 0.3 is 25.2 Å². The molecule has 4 aliphatic carbocycles. The lowest BCUT2D eigenvalue weighted by atomic mass is 9.92. The number of aromatic amines is 2. The molecule has 10 N–H and O–H groups in total. The molecule has 4 amide bonds. The number of sulfonamides is 1. The number of benzene rings is 8. The first kappa shape index (κ1) is 98.8. The predicted molar refractivity (Wildman–Crippen MR) is 530 cm³/mol. The Labute approximate surface area is 828 Å². The number of halogens is 8. The summed E-state index contributed by atoms with van der Waals surface area (Å²) < 4.78 is 177. The Bertz CT molecular complexity index is 7590. The molecule has 0 spiro atoms. The fourth-order valence-electron chi connectivity index (χ4n) is 18.8. The number of aliphatic hydroxyl groups is 3. The number of aliphatic hydroxyl groups excluding tert-OH is 3. The minimum atomic E-state index is -3.87. The maximum atomic E-state index is 13.5. The van der Waals surface area contributed by atoms with Crippen LogP contribution in [0.5, 0.6) is 46.0 Å². The SMILES string of the molecule is CC(C)(C)c1cc2cc(NC(=O)C3(c4ccc5c(c4)OC(F)(F)O5)CC3)c(C#N)cc2[nH]1.CC(C)(C)c1cc2cc(NC(=O)C3(c4ccc5c(c4)OC(F)(F)O5)CC3)c(C#N)cc2n1CCO.CC(C)c1cc2cc(NC(=O)C3(c4ccc5c(c4)OC(F)(F)O5)CC3)ccc2n1CCO.Cc1ncc(S(=O)(=O)NC[C@H](O)Cn2c(C(C)(C)C)cc3cc(NC(=O)C4(c5ccc6c(c5)OC(F)(F)O6)CC4)ccc32)[nH]1.[HH].[HH].[HH].[HH].[HH].[HH].[HH].[HH].[HH]. The third kappa shape index (κ3) is 19.6. The van der Waals surface area contributed by atoms with E-state index >= 15 is 0 Å². The number of carbonyl (C=O) groups is 4. The number of nitrogens with one attached hydrogen (secondary N) is 7. The predicted octanol–water partition coefficient (Wildman–Crippen LogP) is 21.4. The molecule has 21 rings (SSSR count). The molecule has 766 valence electrons. The number of aromatic nitrogens is 6. The largest absolute Gasteiger partial charge is 0.586 e. The lowest BCUT2D eigenvalue weighted by molar-refractivity contribution is -0.287. The van der Waals surface area contributed by atoms with Crippen molar-refractivity contribution in [3.05, 3.63) is 226 Å². The molecule has 30 nitrogen and oxygen atoms in total. The molecule has 39 heteroatoms. The van der Waals surface area contributed by atoms with Gasteiger partial charge in [-0.15, -0.1) is 35.1 Å². The highest BCUT2D eigenvalue weighted by Gasteiger charge is 2.58. The monoisotopic (exact) mass is 2010 g/mol. The summed E-state index contributed by atoms with van der Waals surface area (Å²) in [6.45, 7) is 25.2. The van der Waals surface area contributed by atoms with E-state index in [4.69, 9.17) is 0 Å². The number of hydrogen-bond donors (Lipinski definition) is 10. The van der Waals surface area contributed by atoms with Crippen molar-refractivity contribution in [2.75, 3.05) is 41.0 Å². The van der Waals surface area contributed by atoms with Crippen LogP contribution in [0, 0.1) is 29.6 Å². The summed E-state index contributed by atoms with van der Waals surface area (Å²) in [6, 6.07) is 48.3. The summed E-state index contributed by atoms with van der Waals surface area (Å²) in [7, 11) is -3.87. The number of fused-ring (bicyclic) bond motifs is 8. The van der Waals surface area contributed by atoms with Gasteiger partial charge in [0.25, 0.3) is 10.0 Å². The van der Waals surface area contributed by atoms with E-state index in [1.807, 2.05) is 78.4 Å². The average Bonchev–Trinajstić information content (AvgIpc) is 1.58. The Kier molecular flexibility index (Phi) is 24.6. The number of nitriles is 2. The number of aryl methyl sites for hydroxylation is 1. The van der Waals surface area contributed by atoms with Crippen molar-refractivity contribution < 1.29 is 129 Å². The van der Waals surface area contributed by atoms with Crippen molar-refractivity contribution in [2.24, 2.45) is 0 Å². The first-order valence-electron chi connectivity index (χ1n) is 46.5. The highest BCUT2D eigenvalue weighted by atomic mass is 32.2. The Hall–Kier alpha value is -14.4. The molecular formula is C104H121F8N13O17S. The van der Waals surface area contributed by atoms with E-state index in [2.05, 4.69) is 157 Å². The zero-order chi connectivity index (χ0) is 102. The molecule has 8 aliphatic rings. The number of alkyl halides is 8. The molecule has 1 atom stereocenters. The molecule has 13 aromatic rings. The number of H-pyrrole nitrogens is 2. The van der Waals surface area contributed by atoms with Crippen LogP contribution in [0.1, 0.15) is 208 Å². The van der Waals surface area contributed by atoms with Crippen molar-refractivity contribution in [3.63, 3.8) is 0 Å². The maximum absolute atomic E-state index is 13.5. The zero-order valence-corrected chi connectivity index (χ0v) is 80.6. The Balaban J connectivity index is 0.000000222. The van der Waals surface area contributed by atoms with Crippen LogP contribution in [-0.2, 0) is 86.7 Å². The summed E-state index contributed by atoms with van der Waals surface area (Å²) in [5.41, 5.74) is 8.50. The normalized spacial score (nSPS) is 17.6. The highest BCUT2D eigenvalue weighted by molar-refractivity contribution is 7.89. The van der Waals surface area contributed by atoms with Gasteiger partial charge in [0.15, 0.2) is 51.0 Å². The second-order valence-electron chi connectivity index (χ2n) is 40.6. The topological polar surface area (TPSA) is 404 Å². The van der Waals surface area contributed by atoms with Crippen molar-refractivity contribution in [2.45, 2.75) is 234 Å². The van der Waals surface area contributed by atoms with Gasteiger partial charge in [0, 0.05) is 126 Å². The first-order chi connectivity index (χ1) is 67.3. The second-order valence-corrected chi connectivity index (χ2v) is 42.3. The van der Waals surface area contributed by atoms with Gasteiger partial charge in [-0.2, -0.15) is 10.5 Å². The number of anilines is 4. The fourth-order valence-corrected chi connectivity index (χ4v) is 19.8. The van der Waals surface area contributed by atoms with Gasteiger partial charge in [0.1, 0.15) is 18.0 Å². The number of rotatable bonds is 23. The molecule has 0 unspecified atom stereocenters. The first-order valence-corrected chi connectivity index (χ1v) is 48.0. The van der Waals surface area contributed by atoms with Crippen molar-refractivity contribution in [1.29, 1.82) is 10.5 Å². The molecule has 4 fully saturated rings. The molecule has 143 heavy (non-hydrogen) atoms. The minimum Gasteiger partial charge on any atom is -0.395 e. The quantitative estimate of drug-likeness (QED) is 0.0266. The smallest absolute Gasteiger partial charge is 0.395 e. The van der Waals surface area contributed by atoms with E-state index in [1.54, 1.807) is 61.5 Å². The van der Waals surface area contributed by atoms with Crippen LogP contribution in [-0.4, -0.2) is 127 Å². The zero-order valence-electron chi connectivity index (χ0n) is 79.8. The van der Waals surface area contributed by atoms with Gasteiger partial charge in [-0.1, -0.05) is 100 Å². The van der Waals surface area contributed by atoms with Crippen LogP contribution in [0.4, 0.5) is 57.9 Å². The molecule has 0 saturated heterocycles. The van der Waals surface area contributed by atoms with E-state index in [0.29, 0.717) is 132 Å². The third-order valence-corrected chi connectivity index (χ3v) is 28.2. The number of amides is 4. The fraction of sp³-hybridized carbons (Fsp3) is 0.375. The van der Waals surface area contributed by atoms with E-state index in [1.165, 1.54) is 54.7 Å². The molecule has 4 aliphatic heterocycles. The number of carbonyl (C=O) groups excluding carboxylic acids is 4. The van der Waals surface area contributed by atoms with Gasteiger partial charge in [0.05, 0.1) is 76.2 Å². The number of hydrogen-bond acceptors (Lipinski definition) is 20. The van der Waals surface area contributed by atoms with E-state index in [-0.39, 0.29) is 130 Å². The van der Waals surface area contributed by atoms with Crippen LogP contribution in [0.15, 0.2) is 169 Å². The van der Waals surface area contributed by atoms with Crippen molar-refractivity contribution >= 4 is 100 Å². The molecule has 8 aromatic carbocycles. The Morgan fingerprint density at radius 2 is 0.825 bits per heavy atom. The summed E-state index contributed by atoms with van der Waals surface area (Å²) in [4.78, 5) is 63.2. The van der Waals surface area contributed by atoms with Crippen molar-refractivity contribution in [3.8, 4) is 58.1 Å². The molecule has 0 bridgehead atoms. The van der Waals surface area contributed by atoms with Gasteiger partial charge < -0.3 is 98.2 Å². The van der Waals surface area contributed by atoms with Gasteiger partial charge in [-0.25, -0.2) is 18.1 Å². The van der Waals surface area contributed by atoms with E-state index in [9.17, 15) is 88.6 Å². The third-order valence-electron chi connectivity index (χ3n) is 26.9. The Morgan fingerprint density at radius 3 is 1.20 bits per heavy atom. The summed E-state index contributed by atoms with van der Waals surface area (Å²) in [5, 5.41) is 64.5. The number of nitrogens with zero attached hydrogens (tertiary/aromatic N) is 6. The minimum absolute atomic E-state index is 0. The molecule has 9 heterocycles. The van der Waals surface area contributed by atoms with Crippen LogP contribution < -0.4 is 63.9 Å². The summed E-state index contributed by atoms with van der Waals surface area (Å²) in [5.74, 6) is -0.881. The van der Waals surface area contributed by atoms with Gasteiger partial charge in [-0.05, 0) is 220 Å². The lowest BCUT2D eigenvalue weighted by Gasteiger charge is -2.24. The van der Waals surface area contributed by atoms with E-state index in [0.717, 1.165) is 66.4 Å². The summed E-state index contributed by atoms with van der Waals surface area (Å²) >= 11 is 0. The van der Waals surface area contributed by atoms with Gasteiger partial charge in [-0.3, -0.25) is 19.2 Å². The van der Waals surface area contributed by atoms with Crippen LogP contribution in [0.3, 0.4) is 0 Å². The molecule has 5 aromatic heterocycles. The second kappa shape index (κ2) is 35.6. The van der Waals surface area contributed by atoms with E-state index < -0.39 is 63.0 Å². The van der Waals surface area contributed by atoms with Crippen molar-refractivity contribution in [1.82, 2.24) is 33.4 Å². The van der Waals surface area contributed by atoms with Gasteiger partial charge in [0.2, 0.25) is 23.6 Å². The van der Waals surface area contributed by atoms with Crippen LogP contribution >= 0.6 is 0 Å². The molecule has 4 saturated carbocycles. The lowest BCUT2D eigenvalue weighted by Crippen LogP contribution is -2.35. The molecule has 0 radical (unpaired) electrons. The molecular weight excluding hydrogens is 1890 g/mol.